The first-order valence-corrected chi connectivity index (χ1v) is 12.6. The summed E-state index contributed by atoms with van der Waals surface area (Å²) in [6.07, 6.45) is 3.68. The molecule has 5 rings (SSSR count). The van der Waals surface area contributed by atoms with Gasteiger partial charge < -0.3 is 9.64 Å². The maximum atomic E-state index is 12.6. The van der Waals surface area contributed by atoms with E-state index < -0.39 is 0 Å². The Labute approximate surface area is 202 Å². The third kappa shape index (κ3) is 4.29. The molecule has 2 aliphatic rings. The Kier molecular flexibility index (Phi) is 6.57. The van der Waals surface area contributed by atoms with Gasteiger partial charge in [0, 0.05) is 36.3 Å². The molecule has 2 atom stereocenters. The number of nitrogens with zero attached hydrogens (tertiary/aromatic N) is 1. The number of benzene rings is 3. The molecule has 4 heteroatoms. The molecule has 0 radical (unpaired) electrons. The molecule has 1 amide bonds. The minimum Gasteiger partial charge on any atom is -0.449 e. The van der Waals surface area contributed by atoms with Crippen molar-refractivity contribution in [1.29, 1.82) is 0 Å². The lowest BCUT2D eigenvalue weighted by atomic mass is 9.74. The molecule has 3 aromatic rings. The highest BCUT2D eigenvalue weighted by molar-refractivity contribution is 5.88. The van der Waals surface area contributed by atoms with Gasteiger partial charge in [0.1, 0.15) is 0 Å². The summed E-state index contributed by atoms with van der Waals surface area (Å²) in [5.74, 6) is 0.636. The van der Waals surface area contributed by atoms with Crippen LogP contribution in [0.5, 0.6) is 0 Å². The molecule has 176 valence electrons. The number of nitrogens with one attached hydrogen (secondary N) is 1. The van der Waals surface area contributed by atoms with Gasteiger partial charge in [-0.25, -0.2) is 4.79 Å². The zero-order chi connectivity index (χ0) is 23.5. The largest absolute Gasteiger partial charge is 0.449 e. The highest BCUT2D eigenvalue weighted by atomic mass is 16.5. The van der Waals surface area contributed by atoms with Crippen molar-refractivity contribution in [3.8, 4) is 0 Å². The van der Waals surface area contributed by atoms with Crippen LogP contribution >= 0.6 is 0 Å². The summed E-state index contributed by atoms with van der Waals surface area (Å²) in [5, 5.41) is 3.10. The molecule has 0 spiro atoms. The van der Waals surface area contributed by atoms with Crippen molar-refractivity contribution in [3.63, 3.8) is 0 Å². The molecule has 2 heterocycles. The second-order valence-corrected chi connectivity index (χ2v) is 9.51. The van der Waals surface area contributed by atoms with Crippen LogP contribution in [0.2, 0.25) is 0 Å². The number of carbonyl (C=O) groups excluding carboxylic acids is 1. The van der Waals surface area contributed by atoms with Crippen molar-refractivity contribution in [2.45, 2.75) is 51.4 Å². The molecule has 0 aliphatic carbocycles. The van der Waals surface area contributed by atoms with Gasteiger partial charge in [-0.3, -0.25) is 5.32 Å². The van der Waals surface area contributed by atoms with Crippen LogP contribution in [0.15, 0.2) is 66.7 Å². The number of amides is 1. The maximum absolute atomic E-state index is 12.6. The molecule has 0 saturated heterocycles. The topological polar surface area (TPSA) is 41.6 Å². The number of ether oxygens (including phenoxy) is 1. The first-order valence-electron chi connectivity index (χ1n) is 12.6. The molecule has 34 heavy (non-hydrogen) atoms. The second kappa shape index (κ2) is 9.92. The van der Waals surface area contributed by atoms with E-state index in [1.54, 1.807) is 0 Å². The van der Waals surface area contributed by atoms with Crippen molar-refractivity contribution in [3.05, 3.63) is 94.5 Å². The quantitative estimate of drug-likeness (QED) is 0.400. The monoisotopic (exact) mass is 454 g/mol. The third-order valence-corrected chi connectivity index (χ3v) is 7.42. The van der Waals surface area contributed by atoms with E-state index in [4.69, 9.17) is 4.74 Å². The molecular formula is C30H34N2O2. The Morgan fingerprint density at radius 1 is 0.971 bits per heavy atom. The van der Waals surface area contributed by atoms with E-state index >= 15 is 0 Å². The van der Waals surface area contributed by atoms with Crippen LogP contribution in [0.4, 0.5) is 16.2 Å². The molecule has 2 aliphatic heterocycles. The van der Waals surface area contributed by atoms with E-state index in [2.05, 4.69) is 90.8 Å². The van der Waals surface area contributed by atoms with E-state index in [1.807, 2.05) is 0 Å². The fourth-order valence-electron chi connectivity index (χ4n) is 5.70. The molecule has 0 aromatic heterocycles. The average Bonchev–Trinajstić information content (AvgIpc) is 2.88. The normalized spacial score (nSPS) is 18.8. The Balaban J connectivity index is 1.63. The van der Waals surface area contributed by atoms with Crippen LogP contribution in [0, 0.1) is 6.92 Å². The Morgan fingerprint density at radius 3 is 2.24 bits per heavy atom. The average molecular weight is 455 g/mol. The first kappa shape index (κ1) is 22.5. The molecule has 3 aromatic carbocycles. The van der Waals surface area contributed by atoms with Gasteiger partial charge in [0.2, 0.25) is 0 Å². The predicted molar refractivity (Wildman–Crippen MR) is 139 cm³/mol. The third-order valence-electron chi connectivity index (χ3n) is 7.42. The molecule has 0 saturated carbocycles. The fraction of sp³-hybridized carbons (Fsp3) is 0.367. The van der Waals surface area contributed by atoms with Crippen molar-refractivity contribution in [2.75, 3.05) is 29.9 Å². The summed E-state index contributed by atoms with van der Waals surface area (Å²) >= 11 is 0. The van der Waals surface area contributed by atoms with Crippen molar-refractivity contribution < 1.29 is 9.53 Å². The van der Waals surface area contributed by atoms with Crippen LogP contribution in [-0.4, -0.2) is 25.8 Å². The minimum absolute atomic E-state index is 0.318. The zero-order valence-electron chi connectivity index (χ0n) is 20.2. The molecule has 1 N–H and O–H groups in total. The van der Waals surface area contributed by atoms with E-state index in [0.717, 1.165) is 50.0 Å². The van der Waals surface area contributed by atoms with Crippen molar-refractivity contribution in [2.24, 2.45) is 0 Å². The standard InChI is InChI=1S/C30H34N2O2/c1-3-4-19-34-30(33)31-27-20-26-24(22-11-7-5-8-12-22)15-17-32-18-16-25(23-13-9-6-10-14-23)28(21(27)2)29(26)32/h5-14,20,24-25H,3-4,15-19H2,1-2H3,(H,31,33)/t24-,25-/m0/s1. The summed E-state index contributed by atoms with van der Waals surface area (Å²) in [6, 6.07) is 23.8. The van der Waals surface area contributed by atoms with E-state index in [-0.39, 0.29) is 6.09 Å². The van der Waals surface area contributed by atoms with Crippen molar-refractivity contribution in [1.82, 2.24) is 0 Å². The summed E-state index contributed by atoms with van der Waals surface area (Å²) in [6.45, 7) is 6.83. The second-order valence-electron chi connectivity index (χ2n) is 9.51. The van der Waals surface area contributed by atoms with Gasteiger partial charge in [0.25, 0.3) is 0 Å². The lowest BCUT2D eigenvalue weighted by Crippen LogP contribution is -2.38. The number of hydrogen-bond acceptors (Lipinski definition) is 3. The smallest absolute Gasteiger partial charge is 0.411 e. The van der Waals surface area contributed by atoms with Gasteiger partial charge in [-0.1, -0.05) is 74.0 Å². The Bertz CT molecular complexity index is 1140. The van der Waals surface area contributed by atoms with Crippen molar-refractivity contribution >= 4 is 17.5 Å². The SMILES string of the molecule is CCCCOC(=O)Nc1cc2c3c(c1C)[C@H](c1ccccc1)CCN3CC[C@H]2c1ccccc1. The van der Waals surface area contributed by atoms with Crippen LogP contribution in [-0.2, 0) is 4.74 Å². The van der Waals surface area contributed by atoms with Gasteiger partial charge >= 0.3 is 6.09 Å². The molecule has 0 fully saturated rings. The number of rotatable bonds is 6. The van der Waals surface area contributed by atoms with Crippen LogP contribution < -0.4 is 10.2 Å². The van der Waals surface area contributed by atoms with Gasteiger partial charge in [-0.05, 0) is 60.1 Å². The van der Waals surface area contributed by atoms with Crippen LogP contribution in [0.1, 0.15) is 72.3 Å². The first-order chi connectivity index (χ1) is 16.7. The van der Waals surface area contributed by atoms with Crippen LogP contribution in [0.25, 0.3) is 0 Å². The molecule has 4 nitrogen and oxygen atoms in total. The summed E-state index contributed by atoms with van der Waals surface area (Å²) in [5.41, 5.74) is 8.77. The molecule has 0 bridgehead atoms. The van der Waals surface area contributed by atoms with Gasteiger partial charge in [0.15, 0.2) is 0 Å². The number of carbonyl (C=O) groups is 1. The lowest BCUT2D eigenvalue weighted by Gasteiger charge is -2.44. The fourth-order valence-corrected chi connectivity index (χ4v) is 5.70. The number of unbranched alkanes of at least 4 members (excludes halogenated alkanes) is 1. The summed E-state index contributed by atoms with van der Waals surface area (Å²) in [7, 11) is 0. The summed E-state index contributed by atoms with van der Waals surface area (Å²) < 4.78 is 5.46. The molecular weight excluding hydrogens is 420 g/mol. The zero-order valence-corrected chi connectivity index (χ0v) is 20.2. The van der Waals surface area contributed by atoms with E-state index in [1.165, 1.54) is 27.9 Å². The van der Waals surface area contributed by atoms with E-state index in [0.29, 0.717) is 18.4 Å². The Morgan fingerprint density at radius 2 is 1.59 bits per heavy atom. The Hall–Kier alpha value is -3.27. The number of anilines is 2. The van der Waals surface area contributed by atoms with Gasteiger partial charge in [0.05, 0.1) is 6.61 Å². The van der Waals surface area contributed by atoms with Gasteiger partial charge in [-0.15, -0.1) is 0 Å². The van der Waals surface area contributed by atoms with E-state index in [9.17, 15) is 4.79 Å². The highest BCUT2D eigenvalue weighted by Crippen LogP contribution is 2.51. The van der Waals surface area contributed by atoms with Gasteiger partial charge in [-0.2, -0.15) is 0 Å². The van der Waals surface area contributed by atoms with Crippen LogP contribution in [0.3, 0.4) is 0 Å². The lowest BCUT2D eigenvalue weighted by molar-refractivity contribution is 0.160. The summed E-state index contributed by atoms with van der Waals surface area (Å²) in [4.78, 5) is 15.2. The maximum Gasteiger partial charge on any atom is 0.411 e. The predicted octanol–water partition coefficient (Wildman–Crippen LogP) is 7.22. The number of hydrogen-bond donors (Lipinski definition) is 1. The highest BCUT2D eigenvalue weighted by Gasteiger charge is 2.36. The molecule has 0 unspecified atom stereocenters. The minimum atomic E-state index is -0.361.